The van der Waals surface area contributed by atoms with Gasteiger partial charge in [0, 0.05) is 12.5 Å². The van der Waals surface area contributed by atoms with Crippen LogP contribution in [0.1, 0.15) is 58.3 Å². The molecule has 3 heteroatoms. The predicted molar refractivity (Wildman–Crippen MR) is 67.1 cm³/mol. The fraction of sp³-hybridized carbons (Fsp3) is 0.923. The molecule has 94 valence electrons. The van der Waals surface area contributed by atoms with Crippen molar-refractivity contribution < 1.29 is 4.79 Å². The molecule has 16 heavy (non-hydrogen) atoms. The summed E-state index contributed by atoms with van der Waals surface area (Å²) < 4.78 is 0. The second-order valence-corrected chi connectivity index (χ2v) is 4.95. The molecule has 0 heterocycles. The number of nitrogens with two attached hydrogens (primary N) is 1. The lowest BCUT2D eigenvalue weighted by atomic mass is 9.95. The van der Waals surface area contributed by atoms with Crippen LogP contribution < -0.4 is 11.1 Å². The number of rotatable bonds is 6. The second kappa shape index (κ2) is 7.66. The summed E-state index contributed by atoms with van der Waals surface area (Å²) >= 11 is 0. The Morgan fingerprint density at radius 1 is 1.38 bits per heavy atom. The van der Waals surface area contributed by atoms with Crippen LogP contribution in [-0.4, -0.2) is 18.5 Å². The highest BCUT2D eigenvalue weighted by molar-refractivity contribution is 5.76. The number of hydrogen-bond donors (Lipinski definition) is 2. The third kappa shape index (κ3) is 4.97. The van der Waals surface area contributed by atoms with Crippen LogP contribution in [-0.2, 0) is 4.79 Å². The molecule has 1 saturated carbocycles. The van der Waals surface area contributed by atoms with E-state index in [0.29, 0.717) is 24.9 Å². The van der Waals surface area contributed by atoms with Crippen LogP contribution >= 0.6 is 0 Å². The van der Waals surface area contributed by atoms with Gasteiger partial charge in [0.2, 0.25) is 5.91 Å². The summed E-state index contributed by atoms with van der Waals surface area (Å²) in [6.07, 6.45) is 8.86. The maximum absolute atomic E-state index is 11.7. The first-order chi connectivity index (χ1) is 7.76. The SMILES string of the molecule is CCC(CN)CCC(=O)NC1CCCCC1. The Hall–Kier alpha value is -0.570. The van der Waals surface area contributed by atoms with E-state index in [9.17, 15) is 4.79 Å². The standard InChI is InChI=1S/C13H26N2O/c1-2-11(10-14)8-9-13(16)15-12-6-4-3-5-7-12/h11-12H,2-10,14H2,1H3,(H,15,16). The molecule has 0 spiro atoms. The highest BCUT2D eigenvalue weighted by Crippen LogP contribution is 2.17. The lowest BCUT2D eigenvalue weighted by Crippen LogP contribution is -2.36. The zero-order valence-corrected chi connectivity index (χ0v) is 10.5. The first-order valence-electron chi connectivity index (χ1n) is 6.75. The summed E-state index contributed by atoms with van der Waals surface area (Å²) in [6.45, 7) is 2.84. The van der Waals surface area contributed by atoms with E-state index < -0.39 is 0 Å². The topological polar surface area (TPSA) is 55.1 Å². The van der Waals surface area contributed by atoms with Gasteiger partial charge >= 0.3 is 0 Å². The van der Waals surface area contributed by atoms with Crippen LogP contribution in [0.15, 0.2) is 0 Å². The lowest BCUT2D eigenvalue weighted by molar-refractivity contribution is -0.122. The molecule has 1 fully saturated rings. The molecule has 1 aliphatic carbocycles. The molecule has 0 aromatic rings. The van der Waals surface area contributed by atoms with Crippen molar-refractivity contribution in [2.45, 2.75) is 64.3 Å². The molecule has 0 saturated heterocycles. The average molecular weight is 226 g/mol. The van der Waals surface area contributed by atoms with Crippen LogP contribution in [0.4, 0.5) is 0 Å². The summed E-state index contributed by atoms with van der Waals surface area (Å²) in [5.41, 5.74) is 5.62. The van der Waals surface area contributed by atoms with Gasteiger partial charge in [-0.25, -0.2) is 0 Å². The Kier molecular flexibility index (Phi) is 6.46. The molecule has 0 aliphatic heterocycles. The molecular weight excluding hydrogens is 200 g/mol. The summed E-state index contributed by atoms with van der Waals surface area (Å²) in [7, 11) is 0. The molecule has 3 N–H and O–H groups in total. The minimum Gasteiger partial charge on any atom is -0.353 e. The highest BCUT2D eigenvalue weighted by atomic mass is 16.1. The number of nitrogens with one attached hydrogen (secondary N) is 1. The number of carbonyl (C=O) groups excluding carboxylic acids is 1. The fourth-order valence-corrected chi connectivity index (χ4v) is 2.37. The van der Waals surface area contributed by atoms with Crippen molar-refractivity contribution in [3.8, 4) is 0 Å². The molecule has 1 amide bonds. The van der Waals surface area contributed by atoms with Gasteiger partial charge in [-0.05, 0) is 31.7 Å². The smallest absolute Gasteiger partial charge is 0.220 e. The van der Waals surface area contributed by atoms with E-state index in [-0.39, 0.29) is 5.91 Å². The van der Waals surface area contributed by atoms with Gasteiger partial charge in [0.1, 0.15) is 0 Å². The molecule has 0 aromatic heterocycles. The van der Waals surface area contributed by atoms with Crippen molar-refractivity contribution in [2.24, 2.45) is 11.7 Å². The molecule has 0 aromatic carbocycles. The summed E-state index contributed by atoms with van der Waals surface area (Å²) in [4.78, 5) is 11.7. The van der Waals surface area contributed by atoms with Gasteiger partial charge in [-0.15, -0.1) is 0 Å². The molecular formula is C13H26N2O. The van der Waals surface area contributed by atoms with Crippen LogP contribution in [0.25, 0.3) is 0 Å². The number of hydrogen-bond acceptors (Lipinski definition) is 2. The second-order valence-electron chi connectivity index (χ2n) is 4.95. The Balaban J connectivity index is 2.14. The van der Waals surface area contributed by atoms with Crippen LogP contribution in [0, 0.1) is 5.92 Å². The third-order valence-electron chi connectivity index (χ3n) is 3.66. The average Bonchev–Trinajstić information content (AvgIpc) is 2.31. The minimum atomic E-state index is 0.221. The van der Waals surface area contributed by atoms with Crippen molar-refractivity contribution in [3.05, 3.63) is 0 Å². The van der Waals surface area contributed by atoms with Crippen LogP contribution in [0.2, 0.25) is 0 Å². The quantitative estimate of drug-likeness (QED) is 0.729. The Bertz CT molecular complexity index is 196. The highest BCUT2D eigenvalue weighted by Gasteiger charge is 2.16. The van der Waals surface area contributed by atoms with Crippen molar-refractivity contribution in [2.75, 3.05) is 6.54 Å². The van der Waals surface area contributed by atoms with E-state index in [2.05, 4.69) is 12.2 Å². The minimum absolute atomic E-state index is 0.221. The van der Waals surface area contributed by atoms with E-state index >= 15 is 0 Å². The zero-order chi connectivity index (χ0) is 11.8. The predicted octanol–water partition coefficient (Wildman–Crippen LogP) is 2.20. The summed E-state index contributed by atoms with van der Waals surface area (Å²) in [6, 6.07) is 0.444. The maximum Gasteiger partial charge on any atom is 0.220 e. The van der Waals surface area contributed by atoms with Gasteiger partial charge in [0.05, 0.1) is 0 Å². The van der Waals surface area contributed by atoms with Gasteiger partial charge in [0.15, 0.2) is 0 Å². The van der Waals surface area contributed by atoms with Crippen molar-refractivity contribution in [1.29, 1.82) is 0 Å². The molecule has 1 rings (SSSR count). The van der Waals surface area contributed by atoms with E-state index in [1.54, 1.807) is 0 Å². The molecule has 0 radical (unpaired) electrons. The van der Waals surface area contributed by atoms with Gasteiger partial charge in [-0.3, -0.25) is 4.79 Å². The largest absolute Gasteiger partial charge is 0.353 e. The zero-order valence-electron chi connectivity index (χ0n) is 10.5. The molecule has 1 atom stereocenters. The molecule has 1 unspecified atom stereocenters. The molecule has 3 nitrogen and oxygen atoms in total. The Morgan fingerprint density at radius 2 is 2.06 bits per heavy atom. The molecule has 0 bridgehead atoms. The lowest BCUT2D eigenvalue weighted by Gasteiger charge is -2.23. The van der Waals surface area contributed by atoms with E-state index in [4.69, 9.17) is 5.73 Å². The van der Waals surface area contributed by atoms with Gasteiger partial charge in [-0.2, -0.15) is 0 Å². The Morgan fingerprint density at radius 3 is 2.62 bits per heavy atom. The van der Waals surface area contributed by atoms with E-state index in [1.165, 1.54) is 32.1 Å². The monoisotopic (exact) mass is 226 g/mol. The van der Waals surface area contributed by atoms with Crippen LogP contribution in [0.5, 0.6) is 0 Å². The van der Waals surface area contributed by atoms with Gasteiger partial charge in [-0.1, -0.05) is 32.6 Å². The van der Waals surface area contributed by atoms with E-state index in [0.717, 1.165) is 12.8 Å². The number of carbonyl (C=O) groups is 1. The van der Waals surface area contributed by atoms with Crippen molar-refractivity contribution in [1.82, 2.24) is 5.32 Å². The summed E-state index contributed by atoms with van der Waals surface area (Å²) in [5, 5.41) is 3.14. The first kappa shape index (κ1) is 13.5. The summed E-state index contributed by atoms with van der Waals surface area (Å²) in [5.74, 6) is 0.732. The first-order valence-corrected chi connectivity index (χ1v) is 6.75. The van der Waals surface area contributed by atoms with Gasteiger partial charge < -0.3 is 11.1 Å². The van der Waals surface area contributed by atoms with Crippen molar-refractivity contribution >= 4 is 5.91 Å². The third-order valence-corrected chi connectivity index (χ3v) is 3.66. The number of amides is 1. The van der Waals surface area contributed by atoms with Crippen molar-refractivity contribution in [3.63, 3.8) is 0 Å². The van der Waals surface area contributed by atoms with Gasteiger partial charge in [0.25, 0.3) is 0 Å². The molecule has 1 aliphatic rings. The fourth-order valence-electron chi connectivity index (χ4n) is 2.37. The van der Waals surface area contributed by atoms with E-state index in [1.807, 2.05) is 0 Å². The van der Waals surface area contributed by atoms with Crippen LogP contribution in [0.3, 0.4) is 0 Å². The normalized spacial score (nSPS) is 19.4. The maximum atomic E-state index is 11.7. The Labute approximate surface area is 99.2 Å².